The topological polar surface area (TPSA) is 44.1 Å². The van der Waals surface area contributed by atoms with Gasteiger partial charge in [-0.15, -0.1) is 6.04 Å². The van der Waals surface area contributed by atoms with E-state index >= 15 is 0 Å². The second-order valence-electron chi connectivity index (χ2n) is 6.10. The van der Waals surface area contributed by atoms with Gasteiger partial charge >= 0.3 is 0 Å². The maximum atomic E-state index is 14.5. The molecular weight excluding hydrogens is 300 g/mol. The second kappa shape index (κ2) is 4.94. The zero-order valence-corrected chi connectivity index (χ0v) is 11.7. The largest absolute Gasteiger partial charge is 0.675 e. The first-order valence-electron chi connectivity index (χ1n) is 7.12. The fourth-order valence-corrected chi connectivity index (χ4v) is 3.54. The van der Waals surface area contributed by atoms with E-state index in [9.17, 15) is 22.4 Å². The Labute approximate surface area is 125 Å². The van der Waals surface area contributed by atoms with Crippen LogP contribution in [0.3, 0.4) is 0 Å². The Morgan fingerprint density at radius 1 is 1.18 bits per heavy atom. The molecule has 7 heteroatoms. The van der Waals surface area contributed by atoms with Crippen LogP contribution in [0, 0.1) is 17.0 Å². The SMILES string of the molecule is [NH-]C1CCCC2(C1)C(=O)N(c1cc(F)cc(F)c1)CC2(F)F. The predicted molar refractivity (Wildman–Crippen MR) is 72.7 cm³/mol. The van der Waals surface area contributed by atoms with E-state index in [2.05, 4.69) is 0 Å². The van der Waals surface area contributed by atoms with Crippen LogP contribution in [0.4, 0.5) is 23.2 Å². The Morgan fingerprint density at radius 3 is 2.41 bits per heavy atom. The summed E-state index contributed by atoms with van der Waals surface area (Å²) >= 11 is 0. The lowest BCUT2D eigenvalue weighted by Crippen LogP contribution is -2.47. The molecule has 1 aromatic rings. The number of amides is 1. The number of alkyl halides is 2. The van der Waals surface area contributed by atoms with Crippen molar-refractivity contribution in [3.05, 3.63) is 35.6 Å². The van der Waals surface area contributed by atoms with E-state index < -0.39 is 41.5 Å². The van der Waals surface area contributed by atoms with Crippen LogP contribution in [-0.4, -0.2) is 24.4 Å². The predicted octanol–water partition coefficient (Wildman–Crippen LogP) is 3.93. The van der Waals surface area contributed by atoms with Crippen molar-refractivity contribution in [3.63, 3.8) is 0 Å². The van der Waals surface area contributed by atoms with Crippen molar-refractivity contribution in [3.8, 4) is 0 Å². The fraction of sp³-hybridized carbons (Fsp3) is 0.533. The van der Waals surface area contributed by atoms with Gasteiger partial charge in [0.05, 0.1) is 6.54 Å². The van der Waals surface area contributed by atoms with E-state index in [-0.39, 0.29) is 18.5 Å². The van der Waals surface area contributed by atoms with Crippen LogP contribution in [0.15, 0.2) is 18.2 Å². The van der Waals surface area contributed by atoms with E-state index in [0.717, 1.165) is 17.0 Å². The van der Waals surface area contributed by atoms with Crippen LogP contribution in [0.2, 0.25) is 0 Å². The zero-order valence-electron chi connectivity index (χ0n) is 11.7. The maximum absolute atomic E-state index is 14.5. The van der Waals surface area contributed by atoms with Crippen LogP contribution in [0.1, 0.15) is 25.7 Å². The van der Waals surface area contributed by atoms with Gasteiger partial charge in [0.15, 0.2) is 0 Å². The van der Waals surface area contributed by atoms with Crippen molar-refractivity contribution < 1.29 is 22.4 Å². The Morgan fingerprint density at radius 2 is 1.82 bits per heavy atom. The number of hydrogen-bond donors (Lipinski definition) is 0. The lowest BCUT2D eigenvalue weighted by atomic mass is 9.69. The molecule has 1 heterocycles. The summed E-state index contributed by atoms with van der Waals surface area (Å²) in [5, 5.41) is 0. The molecule has 1 amide bonds. The highest BCUT2D eigenvalue weighted by atomic mass is 19.3. The van der Waals surface area contributed by atoms with Gasteiger partial charge in [0.1, 0.15) is 17.0 Å². The first kappa shape index (κ1) is 15.3. The van der Waals surface area contributed by atoms with Crippen LogP contribution >= 0.6 is 0 Å². The molecule has 0 bridgehead atoms. The normalized spacial score (nSPS) is 31.0. The van der Waals surface area contributed by atoms with E-state index in [4.69, 9.17) is 5.73 Å². The molecule has 1 aromatic carbocycles. The van der Waals surface area contributed by atoms with E-state index in [1.807, 2.05) is 0 Å². The highest BCUT2D eigenvalue weighted by Gasteiger charge is 2.66. The van der Waals surface area contributed by atoms with Gasteiger partial charge in [-0.25, -0.2) is 17.6 Å². The molecule has 3 rings (SSSR count). The minimum atomic E-state index is -3.31. The van der Waals surface area contributed by atoms with Crippen LogP contribution < -0.4 is 4.90 Å². The highest BCUT2D eigenvalue weighted by molar-refractivity contribution is 6.01. The summed E-state index contributed by atoms with van der Waals surface area (Å²) < 4.78 is 55.6. The molecule has 1 aliphatic carbocycles. The molecule has 120 valence electrons. The molecule has 1 saturated heterocycles. The molecule has 1 N–H and O–H groups in total. The lowest BCUT2D eigenvalue weighted by molar-refractivity contribution is -0.148. The first-order chi connectivity index (χ1) is 10.2. The molecule has 2 fully saturated rings. The molecule has 0 radical (unpaired) electrons. The van der Waals surface area contributed by atoms with Crippen LogP contribution in [0.5, 0.6) is 0 Å². The molecule has 3 nitrogen and oxygen atoms in total. The Balaban J connectivity index is 2.01. The smallest absolute Gasteiger partial charge is 0.279 e. The number of nitrogens with one attached hydrogen (secondary N) is 1. The van der Waals surface area contributed by atoms with Crippen LogP contribution in [0.25, 0.3) is 5.73 Å². The van der Waals surface area contributed by atoms with Gasteiger partial charge in [-0.2, -0.15) is 0 Å². The van der Waals surface area contributed by atoms with Crippen molar-refractivity contribution in [2.24, 2.45) is 5.41 Å². The number of anilines is 1. The number of benzene rings is 1. The summed E-state index contributed by atoms with van der Waals surface area (Å²) in [5.41, 5.74) is 5.62. The average Bonchev–Trinajstić information content (AvgIpc) is 2.59. The standard InChI is InChI=1S/C15H15F4N2O/c16-9-4-10(17)6-12(5-9)21-8-15(18,19)14(13(21)22)3-1-2-11(20)7-14/h4-6,11,20H,1-3,7-8H2/q-1. The highest BCUT2D eigenvalue weighted by Crippen LogP contribution is 2.54. The van der Waals surface area contributed by atoms with Gasteiger partial charge in [-0.1, -0.05) is 12.8 Å². The molecule has 0 aromatic heterocycles. The van der Waals surface area contributed by atoms with Crippen molar-refractivity contribution in [1.82, 2.24) is 0 Å². The molecule has 1 saturated carbocycles. The molecule has 2 unspecified atom stereocenters. The van der Waals surface area contributed by atoms with Crippen molar-refractivity contribution in [2.75, 3.05) is 11.4 Å². The number of nitrogens with zero attached hydrogens (tertiary/aromatic N) is 1. The van der Waals surface area contributed by atoms with Gasteiger partial charge < -0.3 is 10.6 Å². The summed E-state index contributed by atoms with van der Waals surface area (Å²) in [6.07, 6.45) is 0.649. The molecular formula is C15H15F4N2O-. The minimum Gasteiger partial charge on any atom is -0.675 e. The Bertz CT molecular complexity index is 601. The first-order valence-corrected chi connectivity index (χ1v) is 7.12. The van der Waals surface area contributed by atoms with Crippen LogP contribution in [-0.2, 0) is 4.79 Å². The number of carbonyl (C=O) groups is 1. The maximum Gasteiger partial charge on any atom is 0.279 e. The molecule has 1 spiro atoms. The second-order valence-corrected chi connectivity index (χ2v) is 6.10. The number of hydrogen-bond acceptors (Lipinski definition) is 1. The van der Waals surface area contributed by atoms with Gasteiger partial charge in [-0.3, -0.25) is 4.79 Å². The molecule has 2 atom stereocenters. The lowest BCUT2D eigenvalue weighted by Gasteiger charge is -2.41. The van der Waals surface area contributed by atoms with E-state index in [1.165, 1.54) is 0 Å². The Hall–Kier alpha value is -1.63. The van der Waals surface area contributed by atoms with Crippen molar-refractivity contribution >= 4 is 11.6 Å². The average molecular weight is 315 g/mol. The van der Waals surface area contributed by atoms with E-state index in [1.54, 1.807) is 0 Å². The molecule has 22 heavy (non-hydrogen) atoms. The molecule has 1 aliphatic heterocycles. The molecule has 2 aliphatic rings. The summed E-state index contributed by atoms with van der Waals surface area (Å²) in [6, 6.07) is 1.65. The van der Waals surface area contributed by atoms with Crippen molar-refractivity contribution in [2.45, 2.75) is 37.6 Å². The summed E-state index contributed by atoms with van der Waals surface area (Å²) in [4.78, 5) is 13.3. The third kappa shape index (κ3) is 2.18. The quantitative estimate of drug-likeness (QED) is 0.724. The van der Waals surface area contributed by atoms with Gasteiger partial charge in [-0.05, 0) is 25.0 Å². The summed E-state index contributed by atoms with van der Waals surface area (Å²) in [5.74, 6) is -5.99. The fourth-order valence-electron chi connectivity index (χ4n) is 3.54. The summed E-state index contributed by atoms with van der Waals surface area (Å²) in [6.45, 7) is -0.901. The number of rotatable bonds is 1. The zero-order chi connectivity index (χ0) is 16.1. The van der Waals surface area contributed by atoms with Crippen molar-refractivity contribution in [1.29, 1.82) is 0 Å². The van der Waals surface area contributed by atoms with Gasteiger partial charge in [0.2, 0.25) is 5.91 Å². The minimum absolute atomic E-state index is 0.00249. The number of halogens is 4. The third-order valence-electron chi connectivity index (χ3n) is 4.62. The Kier molecular flexibility index (Phi) is 3.43. The van der Waals surface area contributed by atoms with Gasteiger partial charge in [0, 0.05) is 11.8 Å². The van der Waals surface area contributed by atoms with Gasteiger partial charge in [0.25, 0.3) is 5.92 Å². The van der Waals surface area contributed by atoms with E-state index in [0.29, 0.717) is 18.9 Å². The summed E-state index contributed by atoms with van der Waals surface area (Å²) in [7, 11) is 0. The monoisotopic (exact) mass is 315 g/mol. The third-order valence-corrected chi connectivity index (χ3v) is 4.62. The number of carbonyl (C=O) groups excluding carboxylic acids is 1.